The van der Waals surface area contributed by atoms with Gasteiger partial charge in [0, 0.05) is 11.3 Å². The first-order valence-electron chi connectivity index (χ1n) is 5.68. The Balaban J connectivity index is 2.27. The molecule has 0 heterocycles. The Morgan fingerprint density at radius 1 is 0.947 bits per heavy atom. The van der Waals surface area contributed by atoms with Crippen molar-refractivity contribution in [1.82, 2.24) is 0 Å². The van der Waals surface area contributed by atoms with Crippen molar-refractivity contribution in [2.75, 3.05) is 11.9 Å². The maximum Gasteiger partial charge on any atom is 0.131 e. The normalized spacial score (nSPS) is 12.2. The van der Waals surface area contributed by atoms with E-state index in [1.165, 1.54) is 30.3 Å². The molecule has 0 aliphatic carbocycles. The van der Waals surface area contributed by atoms with Gasteiger partial charge in [0.25, 0.3) is 0 Å². The van der Waals surface area contributed by atoms with Gasteiger partial charge in [-0.05, 0) is 36.4 Å². The molecule has 0 aliphatic heterocycles. The smallest absolute Gasteiger partial charge is 0.131 e. The van der Waals surface area contributed by atoms with Crippen LogP contribution in [0.2, 0.25) is 0 Å². The van der Waals surface area contributed by atoms with Crippen molar-refractivity contribution in [3.05, 3.63) is 65.5 Å². The standard InChI is InChI=1S/C14H12F3NO/c15-9-4-6-10(7-5-9)18-13(8-19)14-11(16)2-1-3-12(14)17/h1-7,13,18-19H,8H2. The maximum absolute atomic E-state index is 13.6. The van der Waals surface area contributed by atoms with Crippen LogP contribution in [0.1, 0.15) is 11.6 Å². The number of halogens is 3. The average molecular weight is 267 g/mol. The number of hydrogen-bond acceptors (Lipinski definition) is 2. The number of hydrogen-bond donors (Lipinski definition) is 2. The monoisotopic (exact) mass is 267 g/mol. The fourth-order valence-electron chi connectivity index (χ4n) is 1.80. The highest BCUT2D eigenvalue weighted by atomic mass is 19.1. The molecule has 1 atom stereocenters. The van der Waals surface area contributed by atoms with Crippen molar-refractivity contribution in [3.8, 4) is 0 Å². The molecule has 5 heteroatoms. The summed E-state index contributed by atoms with van der Waals surface area (Å²) in [7, 11) is 0. The molecule has 0 radical (unpaired) electrons. The van der Waals surface area contributed by atoms with Crippen LogP contribution in [-0.2, 0) is 0 Å². The van der Waals surface area contributed by atoms with Gasteiger partial charge < -0.3 is 10.4 Å². The molecule has 100 valence electrons. The van der Waals surface area contributed by atoms with Crippen molar-refractivity contribution in [2.45, 2.75) is 6.04 Å². The number of anilines is 1. The minimum atomic E-state index is -0.938. The molecule has 0 aromatic heterocycles. The lowest BCUT2D eigenvalue weighted by molar-refractivity contribution is 0.271. The van der Waals surface area contributed by atoms with Crippen LogP contribution in [0.15, 0.2) is 42.5 Å². The number of rotatable bonds is 4. The van der Waals surface area contributed by atoms with Crippen molar-refractivity contribution in [2.24, 2.45) is 0 Å². The highest BCUT2D eigenvalue weighted by Gasteiger charge is 2.19. The van der Waals surface area contributed by atoms with Gasteiger partial charge >= 0.3 is 0 Å². The van der Waals surface area contributed by atoms with Gasteiger partial charge in [0.1, 0.15) is 17.5 Å². The van der Waals surface area contributed by atoms with Crippen LogP contribution in [-0.4, -0.2) is 11.7 Å². The third-order valence-electron chi connectivity index (χ3n) is 2.72. The molecule has 0 saturated heterocycles. The summed E-state index contributed by atoms with van der Waals surface area (Å²) in [5.41, 5.74) is 0.220. The lowest BCUT2D eigenvalue weighted by Crippen LogP contribution is -2.18. The van der Waals surface area contributed by atoms with E-state index in [9.17, 15) is 18.3 Å². The molecule has 2 aromatic rings. The van der Waals surface area contributed by atoms with E-state index in [1.54, 1.807) is 0 Å². The van der Waals surface area contributed by atoms with Gasteiger partial charge in [0.15, 0.2) is 0 Å². The van der Waals surface area contributed by atoms with Crippen LogP contribution in [0, 0.1) is 17.5 Å². The van der Waals surface area contributed by atoms with Crippen molar-refractivity contribution in [1.29, 1.82) is 0 Å². The van der Waals surface area contributed by atoms with Gasteiger partial charge in [0.05, 0.1) is 12.6 Å². The van der Waals surface area contributed by atoms with Gasteiger partial charge in [-0.15, -0.1) is 0 Å². The van der Waals surface area contributed by atoms with Gasteiger partial charge in [-0.2, -0.15) is 0 Å². The molecular weight excluding hydrogens is 255 g/mol. The Kier molecular flexibility index (Phi) is 4.06. The van der Waals surface area contributed by atoms with Crippen LogP contribution in [0.3, 0.4) is 0 Å². The summed E-state index contributed by atoms with van der Waals surface area (Å²) >= 11 is 0. The number of aliphatic hydroxyl groups is 1. The SMILES string of the molecule is OCC(Nc1ccc(F)cc1)c1c(F)cccc1F. The molecule has 0 fully saturated rings. The van der Waals surface area contributed by atoms with Crippen molar-refractivity contribution < 1.29 is 18.3 Å². The maximum atomic E-state index is 13.6. The zero-order valence-corrected chi connectivity index (χ0v) is 9.91. The first-order valence-corrected chi connectivity index (χ1v) is 5.68. The first-order chi connectivity index (χ1) is 9.11. The summed E-state index contributed by atoms with van der Waals surface area (Å²) in [4.78, 5) is 0. The summed E-state index contributed by atoms with van der Waals surface area (Å²) in [6.07, 6.45) is 0. The molecule has 0 amide bonds. The van der Waals surface area contributed by atoms with Gasteiger partial charge in [-0.3, -0.25) is 0 Å². The van der Waals surface area contributed by atoms with E-state index in [4.69, 9.17) is 0 Å². The van der Waals surface area contributed by atoms with E-state index < -0.39 is 30.1 Å². The topological polar surface area (TPSA) is 32.3 Å². The third-order valence-corrected chi connectivity index (χ3v) is 2.72. The van der Waals surface area contributed by atoms with E-state index in [1.807, 2.05) is 0 Å². The Morgan fingerprint density at radius 3 is 2.05 bits per heavy atom. The quantitative estimate of drug-likeness (QED) is 0.891. The van der Waals surface area contributed by atoms with E-state index in [0.29, 0.717) is 5.69 Å². The largest absolute Gasteiger partial charge is 0.394 e. The highest BCUT2D eigenvalue weighted by Crippen LogP contribution is 2.24. The predicted octanol–water partition coefficient (Wildman–Crippen LogP) is 3.25. The molecule has 2 aromatic carbocycles. The van der Waals surface area contributed by atoms with Gasteiger partial charge in [-0.25, -0.2) is 13.2 Å². The third kappa shape index (κ3) is 3.06. The van der Waals surface area contributed by atoms with E-state index in [2.05, 4.69) is 5.32 Å². The van der Waals surface area contributed by atoms with Crippen molar-refractivity contribution in [3.63, 3.8) is 0 Å². The molecule has 2 nitrogen and oxygen atoms in total. The predicted molar refractivity (Wildman–Crippen MR) is 66.2 cm³/mol. The van der Waals surface area contributed by atoms with Crippen molar-refractivity contribution >= 4 is 5.69 Å². The minimum Gasteiger partial charge on any atom is -0.394 e. The van der Waals surface area contributed by atoms with Gasteiger partial charge in [0.2, 0.25) is 0 Å². The second-order valence-corrected chi connectivity index (χ2v) is 4.02. The lowest BCUT2D eigenvalue weighted by Gasteiger charge is -2.19. The fraction of sp³-hybridized carbons (Fsp3) is 0.143. The molecule has 0 saturated carbocycles. The van der Waals surface area contributed by atoms with Crippen LogP contribution < -0.4 is 5.32 Å². The summed E-state index contributed by atoms with van der Waals surface area (Å²) in [5, 5.41) is 12.0. The average Bonchev–Trinajstić information content (AvgIpc) is 2.39. The number of benzene rings is 2. The summed E-state index contributed by atoms with van der Waals surface area (Å²) in [5.74, 6) is -1.90. The fourth-order valence-corrected chi connectivity index (χ4v) is 1.80. The summed E-state index contributed by atoms with van der Waals surface area (Å²) in [6, 6.07) is 7.84. The zero-order chi connectivity index (χ0) is 13.8. The Bertz CT molecular complexity index is 537. The number of nitrogens with one attached hydrogen (secondary N) is 1. The van der Waals surface area contributed by atoms with E-state index in [-0.39, 0.29) is 5.56 Å². The van der Waals surface area contributed by atoms with Gasteiger partial charge in [-0.1, -0.05) is 6.07 Å². The molecule has 0 aliphatic rings. The molecule has 2 rings (SSSR count). The molecule has 19 heavy (non-hydrogen) atoms. The molecule has 0 spiro atoms. The highest BCUT2D eigenvalue weighted by molar-refractivity contribution is 5.45. The molecule has 2 N–H and O–H groups in total. The lowest BCUT2D eigenvalue weighted by atomic mass is 10.1. The Morgan fingerprint density at radius 2 is 1.53 bits per heavy atom. The van der Waals surface area contributed by atoms with Crippen LogP contribution >= 0.6 is 0 Å². The van der Waals surface area contributed by atoms with Crippen LogP contribution in [0.25, 0.3) is 0 Å². The summed E-state index contributed by atoms with van der Waals surface area (Å²) < 4.78 is 40.0. The Hall–Kier alpha value is -2.01. The minimum absolute atomic E-state index is 0.241. The second kappa shape index (κ2) is 5.75. The van der Waals surface area contributed by atoms with E-state index >= 15 is 0 Å². The summed E-state index contributed by atoms with van der Waals surface area (Å²) in [6.45, 7) is -0.491. The first kappa shape index (κ1) is 13.4. The molecule has 1 unspecified atom stereocenters. The second-order valence-electron chi connectivity index (χ2n) is 4.02. The number of aliphatic hydroxyl groups excluding tert-OH is 1. The molecular formula is C14H12F3NO. The zero-order valence-electron chi connectivity index (χ0n) is 9.91. The van der Waals surface area contributed by atoms with E-state index in [0.717, 1.165) is 12.1 Å². The van der Waals surface area contributed by atoms with Crippen LogP contribution in [0.5, 0.6) is 0 Å². The molecule has 0 bridgehead atoms. The van der Waals surface area contributed by atoms with Crippen LogP contribution in [0.4, 0.5) is 18.9 Å². The Labute approximate surface area is 108 Å².